The maximum absolute atomic E-state index is 12.6. The van der Waals surface area contributed by atoms with Crippen LogP contribution in [0, 0.1) is 0 Å². The molecule has 0 fully saturated rings. The smallest absolute Gasteiger partial charge is 0.274 e. The standard InChI is InChI=1S/C20H13BrCl3N5O/c21-15-10-29(9-11-1-3-12(22)4-2-11)28-19(15)25-20(30)18-8-17(26-27-18)14-6-5-13(23)7-16(14)24/h1-8,10H,9H2,(H,26,27)(H,25,28,30). The Bertz CT molecular complexity index is 1220. The second kappa shape index (κ2) is 8.81. The molecule has 4 aromatic rings. The molecule has 0 saturated heterocycles. The molecule has 0 radical (unpaired) electrons. The largest absolute Gasteiger partial charge is 0.303 e. The van der Waals surface area contributed by atoms with E-state index in [0.29, 0.717) is 43.2 Å². The summed E-state index contributed by atoms with van der Waals surface area (Å²) in [6, 6.07) is 14.2. The number of hydrogen-bond donors (Lipinski definition) is 2. The minimum atomic E-state index is -0.378. The fraction of sp³-hybridized carbons (Fsp3) is 0.0500. The predicted molar refractivity (Wildman–Crippen MR) is 122 cm³/mol. The first kappa shape index (κ1) is 20.9. The number of aromatic amines is 1. The Hall–Kier alpha value is -2.32. The van der Waals surface area contributed by atoms with Gasteiger partial charge in [-0.2, -0.15) is 10.2 Å². The Balaban J connectivity index is 1.48. The summed E-state index contributed by atoms with van der Waals surface area (Å²) < 4.78 is 2.37. The average Bonchev–Trinajstić information content (AvgIpc) is 3.31. The lowest BCUT2D eigenvalue weighted by Crippen LogP contribution is -2.13. The van der Waals surface area contributed by atoms with Crippen molar-refractivity contribution in [2.75, 3.05) is 5.32 Å². The second-order valence-electron chi connectivity index (χ2n) is 6.39. The lowest BCUT2D eigenvalue weighted by Gasteiger charge is -2.02. The van der Waals surface area contributed by atoms with E-state index in [0.717, 1.165) is 5.56 Å². The van der Waals surface area contributed by atoms with Crippen molar-refractivity contribution < 1.29 is 4.79 Å². The van der Waals surface area contributed by atoms with Gasteiger partial charge in [0.25, 0.3) is 5.91 Å². The van der Waals surface area contributed by atoms with Crippen LogP contribution in [0.1, 0.15) is 16.1 Å². The molecule has 0 aliphatic rings. The molecule has 1 amide bonds. The van der Waals surface area contributed by atoms with E-state index in [4.69, 9.17) is 34.8 Å². The number of H-pyrrole nitrogens is 1. The number of hydrogen-bond acceptors (Lipinski definition) is 3. The molecule has 2 heterocycles. The highest BCUT2D eigenvalue weighted by atomic mass is 79.9. The predicted octanol–water partition coefficient (Wildman–Crippen LogP) is 6.30. The maximum Gasteiger partial charge on any atom is 0.274 e. The van der Waals surface area contributed by atoms with Crippen molar-refractivity contribution in [1.82, 2.24) is 20.0 Å². The van der Waals surface area contributed by atoms with Gasteiger partial charge in [-0.15, -0.1) is 0 Å². The fourth-order valence-corrected chi connectivity index (χ4v) is 3.83. The average molecular weight is 526 g/mol. The second-order valence-corrected chi connectivity index (χ2v) is 8.53. The van der Waals surface area contributed by atoms with E-state index in [1.807, 2.05) is 24.3 Å². The fourth-order valence-electron chi connectivity index (χ4n) is 2.79. The Morgan fingerprint density at radius 3 is 2.53 bits per heavy atom. The SMILES string of the molecule is O=C(Nc1nn(Cc2ccc(Cl)cc2)cc1Br)c1cc(-c2ccc(Cl)cc2Cl)n[nH]1. The van der Waals surface area contributed by atoms with Gasteiger partial charge in [0.15, 0.2) is 5.82 Å². The van der Waals surface area contributed by atoms with Gasteiger partial charge in [-0.25, -0.2) is 0 Å². The van der Waals surface area contributed by atoms with Crippen molar-refractivity contribution in [3.8, 4) is 11.3 Å². The zero-order chi connectivity index (χ0) is 21.3. The van der Waals surface area contributed by atoms with E-state index in [1.165, 1.54) is 0 Å². The number of carbonyl (C=O) groups excluding carboxylic acids is 1. The molecule has 0 aliphatic carbocycles. The summed E-state index contributed by atoms with van der Waals surface area (Å²) in [5.41, 5.74) is 2.51. The van der Waals surface area contributed by atoms with Gasteiger partial charge in [0.05, 0.1) is 21.7 Å². The molecule has 30 heavy (non-hydrogen) atoms. The zero-order valence-electron chi connectivity index (χ0n) is 15.2. The molecular formula is C20H13BrCl3N5O. The van der Waals surface area contributed by atoms with Gasteiger partial charge in [-0.05, 0) is 57.9 Å². The summed E-state index contributed by atoms with van der Waals surface area (Å²) in [6.45, 7) is 0.537. The van der Waals surface area contributed by atoms with Crippen LogP contribution in [-0.4, -0.2) is 25.9 Å². The van der Waals surface area contributed by atoms with Crippen molar-refractivity contribution in [2.24, 2.45) is 0 Å². The lowest BCUT2D eigenvalue weighted by atomic mass is 10.1. The third kappa shape index (κ3) is 4.70. The van der Waals surface area contributed by atoms with Crippen LogP contribution in [0.5, 0.6) is 0 Å². The number of carbonyl (C=O) groups is 1. The molecule has 0 saturated carbocycles. The molecular weight excluding hydrogens is 513 g/mol. The van der Waals surface area contributed by atoms with Crippen molar-refractivity contribution in [3.05, 3.63) is 85.5 Å². The molecule has 0 aliphatic heterocycles. The first-order valence-corrected chi connectivity index (χ1v) is 10.6. The number of nitrogens with zero attached hydrogens (tertiary/aromatic N) is 3. The molecule has 6 nitrogen and oxygen atoms in total. The van der Waals surface area contributed by atoms with Gasteiger partial charge in [0.1, 0.15) is 5.69 Å². The summed E-state index contributed by atoms with van der Waals surface area (Å²) in [6.07, 6.45) is 1.79. The zero-order valence-corrected chi connectivity index (χ0v) is 19.0. The number of nitrogens with one attached hydrogen (secondary N) is 2. The van der Waals surface area contributed by atoms with Crippen molar-refractivity contribution in [3.63, 3.8) is 0 Å². The minimum absolute atomic E-state index is 0.273. The van der Waals surface area contributed by atoms with Gasteiger partial charge in [-0.3, -0.25) is 14.6 Å². The summed E-state index contributed by atoms with van der Waals surface area (Å²) >= 11 is 21.5. The number of benzene rings is 2. The molecule has 2 aromatic carbocycles. The van der Waals surface area contributed by atoms with Crippen LogP contribution in [0.15, 0.2) is 59.2 Å². The highest BCUT2D eigenvalue weighted by Gasteiger charge is 2.16. The summed E-state index contributed by atoms with van der Waals surface area (Å²) in [5, 5.41) is 15.7. The molecule has 2 N–H and O–H groups in total. The van der Waals surface area contributed by atoms with Crippen LogP contribution in [0.3, 0.4) is 0 Å². The summed E-state index contributed by atoms with van der Waals surface area (Å²) in [5.74, 6) is 0.0194. The Kier molecular flexibility index (Phi) is 6.15. The van der Waals surface area contributed by atoms with E-state index in [2.05, 4.69) is 36.5 Å². The van der Waals surface area contributed by atoms with Crippen LogP contribution >= 0.6 is 50.7 Å². The van der Waals surface area contributed by atoms with Crippen molar-refractivity contribution in [2.45, 2.75) is 6.54 Å². The van der Waals surface area contributed by atoms with Gasteiger partial charge in [0, 0.05) is 21.8 Å². The number of aromatic nitrogens is 4. The summed E-state index contributed by atoms with van der Waals surface area (Å²) in [7, 11) is 0. The number of rotatable bonds is 5. The summed E-state index contributed by atoms with van der Waals surface area (Å²) in [4.78, 5) is 12.6. The number of anilines is 1. The Morgan fingerprint density at radius 1 is 1.07 bits per heavy atom. The third-order valence-electron chi connectivity index (χ3n) is 4.24. The van der Waals surface area contributed by atoms with Crippen LogP contribution in [-0.2, 0) is 6.54 Å². The van der Waals surface area contributed by atoms with E-state index in [9.17, 15) is 4.79 Å². The molecule has 0 bridgehead atoms. The van der Waals surface area contributed by atoms with E-state index in [1.54, 1.807) is 35.1 Å². The molecule has 0 spiro atoms. The first-order chi connectivity index (χ1) is 14.4. The number of halogens is 4. The molecule has 0 atom stereocenters. The van der Waals surface area contributed by atoms with Gasteiger partial charge >= 0.3 is 0 Å². The van der Waals surface area contributed by atoms with Gasteiger partial charge in [0.2, 0.25) is 0 Å². The monoisotopic (exact) mass is 523 g/mol. The van der Waals surface area contributed by atoms with Crippen LogP contribution in [0.4, 0.5) is 5.82 Å². The van der Waals surface area contributed by atoms with E-state index >= 15 is 0 Å². The maximum atomic E-state index is 12.6. The molecule has 4 rings (SSSR count). The lowest BCUT2D eigenvalue weighted by molar-refractivity contribution is 0.102. The topological polar surface area (TPSA) is 75.6 Å². The molecule has 0 unspecified atom stereocenters. The highest BCUT2D eigenvalue weighted by Crippen LogP contribution is 2.29. The van der Waals surface area contributed by atoms with Gasteiger partial charge < -0.3 is 5.32 Å². The first-order valence-electron chi connectivity index (χ1n) is 8.68. The van der Waals surface area contributed by atoms with E-state index in [-0.39, 0.29) is 11.6 Å². The molecule has 10 heteroatoms. The Labute approximate surface area is 195 Å². The van der Waals surface area contributed by atoms with Crippen LogP contribution < -0.4 is 5.32 Å². The van der Waals surface area contributed by atoms with E-state index < -0.39 is 0 Å². The Morgan fingerprint density at radius 2 is 1.80 bits per heavy atom. The number of amides is 1. The third-order valence-corrected chi connectivity index (χ3v) is 5.62. The van der Waals surface area contributed by atoms with Crippen molar-refractivity contribution >= 4 is 62.5 Å². The van der Waals surface area contributed by atoms with Crippen LogP contribution in [0.2, 0.25) is 15.1 Å². The minimum Gasteiger partial charge on any atom is -0.303 e. The molecule has 2 aromatic heterocycles. The quantitative estimate of drug-likeness (QED) is 0.321. The normalized spacial score (nSPS) is 10.9. The molecule has 152 valence electrons. The van der Waals surface area contributed by atoms with Crippen molar-refractivity contribution in [1.29, 1.82) is 0 Å². The van der Waals surface area contributed by atoms with Crippen LogP contribution in [0.25, 0.3) is 11.3 Å². The highest BCUT2D eigenvalue weighted by molar-refractivity contribution is 9.10. The van der Waals surface area contributed by atoms with Gasteiger partial charge in [-0.1, -0.05) is 46.9 Å².